The van der Waals surface area contributed by atoms with E-state index in [0.29, 0.717) is 0 Å². The van der Waals surface area contributed by atoms with Crippen LogP contribution in [-0.4, -0.2) is 45.0 Å². The molecule has 19 heavy (non-hydrogen) atoms. The number of hydrogen-bond acceptors (Lipinski definition) is 3. The van der Waals surface area contributed by atoms with Crippen LogP contribution in [0.4, 0.5) is 11.4 Å². The van der Waals surface area contributed by atoms with Crippen molar-refractivity contribution in [3.05, 3.63) is 23.8 Å². The largest absolute Gasteiger partial charge is 0.386 e. The number of carbonyl (C=O) groups excluding carboxylic acids is 1. The maximum atomic E-state index is 12.4. The third-order valence-corrected chi connectivity index (χ3v) is 3.64. The molecule has 1 aliphatic rings. The van der Waals surface area contributed by atoms with Crippen molar-refractivity contribution in [2.75, 3.05) is 44.4 Å². The van der Waals surface area contributed by atoms with Crippen molar-refractivity contribution in [2.24, 2.45) is 0 Å². The highest BCUT2D eigenvalue weighted by atomic mass is 16.2. The number of likely N-dealkylation sites (tertiary alicyclic amines) is 1. The molecule has 2 rings (SSSR count). The van der Waals surface area contributed by atoms with Gasteiger partial charge in [0.1, 0.15) is 0 Å². The number of carbonyl (C=O) groups is 1. The van der Waals surface area contributed by atoms with Crippen LogP contribution >= 0.6 is 0 Å². The second kappa shape index (κ2) is 5.95. The summed E-state index contributed by atoms with van der Waals surface area (Å²) in [5.41, 5.74) is 2.86. The summed E-state index contributed by atoms with van der Waals surface area (Å²) < 4.78 is 0. The molecule has 1 fully saturated rings. The van der Waals surface area contributed by atoms with Gasteiger partial charge in [-0.1, -0.05) is 0 Å². The second-order valence-electron chi connectivity index (χ2n) is 5.23. The van der Waals surface area contributed by atoms with E-state index >= 15 is 0 Å². The molecule has 1 amide bonds. The fourth-order valence-electron chi connectivity index (χ4n) is 2.54. The Morgan fingerprint density at radius 3 is 2.47 bits per heavy atom. The lowest BCUT2D eigenvalue weighted by Crippen LogP contribution is -2.35. The van der Waals surface area contributed by atoms with Gasteiger partial charge < -0.3 is 15.1 Å². The number of anilines is 2. The molecule has 1 aliphatic heterocycles. The fraction of sp³-hybridized carbons (Fsp3) is 0.533. The Balaban J connectivity index is 2.22. The van der Waals surface area contributed by atoms with Gasteiger partial charge in [0.2, 0.25) is 0 Å². The molecule has 104 valence electrons. The van der Waals surface area contributed by atoms with Crippen LogP contribution in [0.2, 0.25) is 0 Å². The molecule has 1 aromatic carbocycles. The van der Waals surface area contributed by atoms with Gasteiger partial charge >= 0.3 is 0 Å². The van der Waals surface area contributed by atoms with Gasteiger partial charge in [-0.15, -0.1) is 0 Å². The standard InChI is InChI=1S/C15H23N3O/c1-16-13-11-12(7-8-14(13)17(2)3)15(19)18-9-5-4-6-10-18/h7-8,11,16H,4-6,9-10H2,1-3H3. The van der Waals surface area contributed by atoms with Crippen LogP contribution in [0.25, 0.3) is 0 Å². The Labute approximate surface area is 115 Å². The van der Waals surface area contributed by atoms with Crippen molar-refractivity contribution in [1.29, 1.82) is 0 Å². The van der Waals surface area contributed by atoms with Crippen LogP contribution in [0.3, 0.4) is 0 Å². The summed E-state index contributed by atoms with van der Waals surface area (Å²) in [5, 5.41) is 3.16. The van der Waals surface area contributed by atoms with Crippen LogP contribution in [0.1, 0.15) is 29.6 Å². The Kier molecular flexibility index (Phi) is 4.30. The first kappa shape index (κ1) is 13.7. The molecule has 0 saturated carbocycles. The molecule has 0 bridgehead atoms. The summed E-state index contributed by atoms with van der Waals surface area (Å²) in [6.07, 6.45) is 3.49. The molecule has 0 unspecified atom stereocenters. The number of rotatable bonds is 3. The highest BCUT2D eigenvalue weighted by molar-refractivity contribution is 5.96. The van der Waals surface area contributed by atoms with Gasteiger partial charge in [0.05, 0.1) is 11.4 Å². The molecule has 0 aromatic heterocycles. The maximum absolute atomic E-state index is 12.4. The zero-order chi connectivity index (χ0) is 13.8. The number of benzene rings is 1. The number of hydrogen-bond donors (Lipinski definition) is 1. The lowest BCUT2D eigenvalue weighted by atomic mass is 10.1. The van der Waals surface area contributed by atoms with Gasteiger partial charge in [-0.2, -0.15) is 0 Å². The van der Waals surface area contributed by atoms with E-state index < -0.39 is 0 Å². The highest BCUT2D eigenvalue weighted by Gasteiger charge is 2.19. The third kappa shape index (κ3) is 3.00. The highest BCUT2D eigenvalue weighted by Crippen LogP contribution is 2.26. The Morgan fingerprint density at radius 1 is 1.21 bits per heavy atom. The Hall–Kier alpha value is -1.71. The first-order chi connectivity index (χ1) is 9.13. The third-order valence-electron chi connectivity index (χ3n) is 3.64. The van der Waals surface area contributed by atoms with E-state index in [4.69, 9.17) is 0 Å². The first-order valence-electron chi connectivity index (χ1n) is 6.92. The molecule has 1 heterocycles. The minimum Gasteiger partial charge on any atom is -0.386 e. The molecular weight excluding hydrogens is 238 g/mol. The Bertz CT molecular complexity index is 451. The molecule has 0 atom stereocenters. The van der Waals surface area contributed by atoms with Crippen LogP contribution in [0.5, 0.6) is 0 Å². The number of piperidine rings is 1. The summed E-state index contributed by atoms with van der Waals surface area (Å²) in [6, 6.07) is 5.88. The van der Waals surface area contributed by atoms with Gasteiger partial charge in [0.25, 0.3) is 5.91 Å². The predicted molar refractivity (Wildman–Crippen MR) is 80.1 cm³/mol. The molecule has 0 spiro atoms. The minimum absolute atomic E-state index is 0.154. The van der Waals surface area contributed by atoms with Crippen molar-refractivity contribution in [2.45, 2.75) is 19.3 Å². The van der Waals surface area contributed by atoms with Crippen LogP contribution < -0.4 is 10.2 Å². The van der Waals surface area contributed by atoms with Gasteiger partial charge in [0, 0.05) is 39.8 Å². The van der Waals surface area contributed by atoms with Crippen molar-refractivity contribution in [3.63, 3.8) is 0 Å². The van der Waals surface area contributed by atoms with E-state index in [0.717, 1.165) is 42.9 Å². The minimum atomic E-state index is 0.154. The molecule has 0 radical (unpaired) electrons. The van der Waals surface area contributed by atoms with E-state index in [-0.39, 0.29) is 5.91 Å². The van der Waals surface area contributed by atoms with Crippen molar-refractivity contribution in [1.82, 2.24) is 4.90 Å². The van der Waals surface area contributed by atoms with E-state index in [2.05, 4.69) is 5.32 Å². The van der Waals surface area contributed by atoms with Gasteiger partial charge in [0.15, 0.2) is 0 Å². The predicted octanol–water partition coefficient (Wildman–Crippen LogP) is 2.42. The SMILES string of the molecule is CNc1cc(C(=O)N2CCCCC2)ccc1N(C)C. The average Bonchev–Trinajstić information content (AvgIpc) is 2.46. The van der Waals surface area contributed by atoms with Crippen LogP contribution in [-0.2, 0) is 0 Å². The number of nitrogens with zero attached hydrogens (tertiary/aromatic N) is 2. The Morgan fingerprint density at radius 2 is 1.89 bits per heavy atom. The zero-order valence-corrected chi connectivity index (χ0v) is 12.1. The quantitative estimate of drug-likeness (QED) is 0.907. The smallest absolute Gasteiger partial charge is 0.253 e. The fourth-order valence-corrected chi connectivity index (χ4v) is 2.54. The molecule has 4 heteroatoms. The second-order valence-corrected chi connectivity index (χ2v) is 5.23. The summed E-state index contributed by atoms with van der Waals surface area (Å²) in [7, 11) is 5.89. The molecule has 1 saturated heterocycles. The van der Waals surface area contributed by atoms with E-state index in [1.54, 1.807) is 0 Å². The molecule has 4 nitrogen and oxygen atoms in total. The van der Waals surface area contributed by atoms with E-state index in [1.807, 2.05) is 49.1 Å². The van der Waals surface area contributed by atoms with Crippen molar-refractivity contribution >= 4 is 17.3 Å². The first-order valence-corrected chi connectivity index (χ1v) is 6.92. The average molecular weight is 261 g/mol. The molecule has 1 N–H and O–H groups in total. The van der Waals surface area contributed by atoms with Crippen LogP contribution in [0.15, 0.2) is 18.2 Å². The monoisotopic (exact) mass is 261 g/mol. The van der Waals surface area contributed by atoms with Gasteiger partial charge in [-0.25, -0.2) is 0 Å². The lowest BCUT2D eigenvalue weighted by Gasteiger charge is -2.27. The number of amides is 1. The van der Waals surface area contributed by atoms with Crippen molar-refractivity contribution in [3.8, 4) is 0 Å². The summed E-state index contributed by atoms with van der Waals surface area (Å²) in [4.78, 5) is 16.4. The number of nitrogens with one attached hydrogen (secondary N) is 1. The molecular formula is C15H23N3O. The summed E-state index contributed by atoms with van der Waals surface area (Å²) >= 11 is 0. The topological polar surface area (TPSA) is 35.6 Å². The summed E-state index contributed by atoms with van der Waals surface area (Å²) in [6.45, 7) is 1.78. The molecule has 0 aliphatic carbocycles. The van der Waals surface area contributed by atoms with Gasteiger partial charge in [-0.3, -0.25) is 4.79 Å². The lowest BCUT2D eigenvalue weighted by molar-refractivity contribution is 0.0724. The van der Waals surface area contributed by atoms with E-state index in [1.165, 1.54) is 6.42 Å². The van der Waals surface area contributed by atoms with E-state index in [9.17, 15) is 4.79 Å². The maximum Gasteiger partial charge on any atom is 0.253 e. The zero-order valence-electron chi connectivity index (χ0n) is 12.1. The van der Waals surface area contributed by atoms with Crippen molar-refractivity contribution < 1.29 is 4.79 Å². The molecule has 1 aromatic rings. The van der Waals surface area contributed by atoms with Gasteiger partial charge in [-0.05, 0) is 37.5 Å². The summed E-state index contributed by atoms with van der Waals surface area (Å²) in [5.74, 6) is 0.154. The van der Waals surface area contributed by atoms with Crippen LogP contribution in [0, 0.1) is 0 Å². The normalized spacial score (nSPS) is 15.2.